The normalized spacial score (nSPS) is 13.1. The van der Waals surface area contributed by atoms with E-state index < -0.39 is 17.7 Å². The number of nitrogens with zero attached hydrogens (tertiary/aromatic N) is 3. The van der Waals surface area contributed by atoms with Crippen LogP contribution in [-0.2, 0) is 16.6 Å². The summed E-state index contributed by atoms with van der Waals surface area (Å²) in [6, 6.07) is -0.839. The maximum Gasteiger partial charge on any atom is 0.410 e. The number of carbonyl (C=O) groups excluding carboxylic acids is 2. The minimum atomic E-state index is -0.839. The first-order valence-electron chi connectivity index (χ1n) is 7.13. The van der Waals surface area contributed by atoms with Crippen LogP contribution in [0.2, 0.25) is 5.15 Å². The van der Waals surface area contributed by atoms with E-state index in [0.717, 1.165) is 0 Å². The van der Waals surface area contributed by atoms with E-state index in [0.29, 0.717) is 22.7 Å². The number of hydrogen-bond acceptors (Lipinski definition) is 4. The molecule has 0 spiro atoms. The third-order valence-corrected chi connectivity index (χ3v) is 3.56. The lowest BCUT2D eigenvalue weighted by Gasteiger charge is -2.28. The first-order valence-corrected chi connectivity index (χ1v) is 7.50. The van der Waals surface area contributed by atoms with Crippen molar-refractivity contribution in [2.45, 2.75) is 52.2 Å². The maximum atomic E-state index is 12.2. The fraction of sp³-hybridized carbons (Fsp3) is 0.667. The Hall–Kier alpha value is -1.56. The van der Waals surface area contributed by atoms with Crippen LogP contribution in [0.15, 0.2) is 0 Å². The van der Waals surface area contributed by atoms with Gasteiger partial charge in [0.05, 0.1) is 5.69 Å². The molecular formula is C15H24ClN3O3. The summed E-state index contributed by atoms with van der Waals surface area (Å²) in [6.45, 7) is 9.22. The van der Waals surface area contributed by atoms with Crippen molar-refractivity contribution in [1.29, 1.82) is 0 Å². The number of likely N-dealkylation sites (N-methyl/N-ethyl adjacent to an activating group) is 1. The summed E-state index contributed by atoms with van der Waals surface area (Å²) in [7, 11) is 3.22. The zero-order valence-corrected chi connectivity index (χ0v) is 14.9. The van der Waals surface area contributed by atoms with Gasteiger partial charge in [-0.2, -0.15) is 5.10 Å². The number of carbonyl (C=O) groups is 2. The molecule has 124 valence electrons. The van der Waals surface area contributed by atoms with Crippen molar-refractivity contribution < 1.29 is 14.3 Å². The Balaban J connectivity index is 3.22. The molecule has 1 aromatic heterocycles. The fourth-order valence-corrected chi connectivity index (χ4v) is 2.29. The molecule has 0 aromatic carbocycles. The Kier molecular flexibility index (Phi) is 5.62. The van der Waals surface area contributed by atoms with Gasteiger partial charge in [-0.1, -0.05) is 25.4 Å². The van der Waals surface area contributed by atoms with Gasteiger partial charge in [-0.15, -0.1) is 0 Å². The molecule has 0 saturated heterocycles. The first kappa shape index (κ1) is 18.5. The highest BCUT2D eigenvalue weighted by Crippen LogP contribution is 2.33. The average molecular weight is 330 g/mol. The highest BCUT2D eigenvalue weighted by molar-refractivity contribution is 6.30. The fourth-order valence-electron chi connectivity index (χ4n) is 2.04. The van der Waals surface area contributed by atoms with Crippen molar-refractivity contribution in [2.24, 2.45) is 7.05 Å². The summed E-state index contributed by atoms with van der Waals surface area (Å²) in [6.07, 6.45) is 0.0952. The molecule has 0 aliphatic rings. The number of rotatable bonds is 4. The lowest BCUT2D eigenvalue weighted by molar-refractivity contribution is -0.112. The summed E-state index contributed by atoms with van der Waals surface area (Å²) in [5.41, 5.74) is 0.598. The van der Waals surface area contributed by atoms with E-state index in [9.17, 15) is 9.59 Å². The van der Waals surface area contributed by atoms with Gasteiger partial charge < -0.3 is 9.53 Å². The van der Waals surface area contributed by atoms with E-state index in [4.69, 9.17) is 16.3 Å². The van der Waals surface area contributed by atoms with Gasteiger partial charge in [-0.25, -0.2) is 4.79 Å². The van der Waals surface area contributed by atoms with Crippen LogP contribution in [0, 0.1) is 0 Å². The zero-order chi connectivity index (χ0) is 17.2. The topological polar surface area (TPSA) is 64.4 Å². The van der Waals surface area contributed by atoms with Crippen LogP contribution in [0.1, 0.15) is 57.8 Å². The molecule has 0 fully saturated rings. The second-order valence-electron chi connectivity index (χ2n) is 6.54. The van der Waals surface area contributed by atoms with Crippen molar-refractivity contribution in [3.05, 3.63) is 16.4 Å². The second kappa shape index (κ2) is 6.69. The average Bonchev–Trinajstić information content (AvgIpc) is 2.66. The lowest BCUT2D eigenvalue weighted by atomic mass is 10.0. The molecule has 0 aliphatic carbocycles. The number of hydrogen-bond donors (Lipinski definition) is 0. The predicted octanol–water partition coefficient (Wildman–Crippen LogP) is 3.30. The predicted molar refractivity (Wildman–Crippen MR) is 85.1 cm³/mol. The van der Waals surface area contributed by atoms with Crippen LogP contribution in [-0.4, -0.2) is 39.7 Å². The van der Waals surface area contributed by atoms with E-state index in [1.165, 1.54) is 16.6 Å². The Morgan fingerprint density at radius 2 is 1.95 bits per heavy atom. The smallest absolute Gasteiger partial charge is 0.410 e. The van der Waals surface area contributed by atoms with Gasteiger partial charge in [-0.05, 0) is 26.7 Å². The highest BCUT2D eigenvalue weighted by atomic mass is 35.5. The van der Waals surface area contributed by atoms with Crippen molar-refractivity contribution >= 4 is 24.0 Å². The van der Waals surface area contributed by atoms with Crippen LogP contribution in [0.25, 0.3) is 0 Å². The van der Waals surface area contributed by atoms with E-state index in [-0.39, 0.29) is 5.92 Å². The zero-order valence-electron chi connectivity index (χ0n) is 14.2. The number of aldehydes is 1. The molecule has 0 N–H and O–H groups in total. The number of halogens is 1. The third-order valence-electron chi connectivity index (χ3n) is 3.11. The quantitative estimate of drug-likeness (QED) is 0.795. The summed E-state index contributed by atoms with van der Waals surface area (Å²) >= 11 is 6.28. The van der Waals surface area contributed by atoms with Gasteiger partial charge >= 0.3 is 6.09 Å². The minimum Gasteiger partial charge on any atom is -0.444 e. The van der Waals surface area contributed by atoms with E-state index >= 15 is 0 Å². The molecule has 1 heterocycles. The van der Waals surface area contributed by atoms with E-state index in [1.807, 2.05) is 13.8 Å². The van der Waals surface area contributed by atoms with Gasteiger partial charge in [-0.3, -0.25) is 9.58 Å². The van der Waals surface area contributed by atoms with Gasteiger partial charge in [0.2, 0.25) is 0 Å². The molecule has 1 rings (SSSR count). The molecule has 0 saturated carbocycles. The van der Waals surface area contributed by atoms with Gasteiger partial charge in [0.1, 0.15) is 23.1 Å². The molecule has 1 amide bonds. The minimum absolute atomic E-state index is 0.0724. The number of aryl methyl sites for hydroxylation is 1. The number of aromatic nitrogens is 2. The van der Waals surface area contributed by atoms with Crippen LogP contribution in [0.4, 0.5) is 4.79 Å². The Morgan fingerprint density at radius 3 is 2.36 bits per heavy atom. The number of amides is 1. The molecule has 0 bridgehead atoms. The monoisotopic (exact) mass is 329 g/mol. The van der Waals surface area contributed by atoms with E-state index in [2.05, 4.69) is 5.10 Å². The molecule has 0 radical (unpaired) electrons. The molecular weight excluding hydrogens is 306 g/mol. The summed E-state index contributed by atoms with van der Waals surface area (Å²) < 4.78 is 6.81. The molecule has 7 heteroatoms. The summed E-state index contributed by atoms with van der Waals surface area (Å²) in [4.78, 5) is 25.1. The molecule has 6 nitrogen and oxygen atoms in total. The summed E-state index contributed by atoms with van der Waals surface area (Å²) in [5.74, 6) is 0.0724. The molecule has 1 unspecified atom stereocenters. The van der Waals surface area contributed by atoms with Gasteiger partial charge in [0.25, 0.3) is 0 Å². The SMILES string of the molecule is CC(C)c1nn(C)c(Cl)c1C(C=O)N(C)C(=O)OC(C)(C)C. The summed E-state index contributed by atoms with van der Waals surface area (Å²) in [5, 5.41) is 4.69. The Bertz CT molecular complexity index is 561. The first-order chi connectivity index (χ1) is 9.99. The van der Waals surface area contributed by atoms with Gasteiger partial charge in [0, 0.05) is 19.7 Å². The second-order valence-corrected chi connectivity index (χ2v) is 6.90. The number of ether oxygens (including phenoxy) is 1. The van der Waals surface area contributed by atoms with Crippen molar-refractivity contribution in [3.8, 4) is 0 Å². The van der Waals surface area contributed by atoms with Crippen LogP contribution < -0.4 is 0 Å². The molecule has 1 aromatic rings. The van der Waals surface area contributed by atoms with Crippen LogP contribution >= 0.6 is 11.6 Å². The maximum absolute atomic E-state index is 12.2. The third kappa shape index (κ3) is 4.00. The van der Waals surface area contributed by atoms with Crippen molar-refractivity contribution in [3.63, 3.8) is 0 Å². The van der Waals surface area contributed by atoms with Gasteiger partial charge in [0.15, 0.2) is 0 Å². The molecule has 0 aliphatic heterocycles. The highest BCUT2D eigenvalue weighted by Gasteiger charge is 2.32. The molecule has 22 heavy (non-hydrogen) atoms. The Morgan fingerprint density at radius 1 is 1.41 bits per heavy atom. The van der Waals surface area contributed by atoms with E-state index in [1.54, 1.807) is 27.8 Å². The standard InChI is InChI=1S/C15H24ClN3O3/c1-9(2)12-11(13(16)19(7)17-12)10(8-20)18(6)14(21)22-15(3,4)5/h8-10H,1-7H3. The van der Waals surface area contributed by atoms with Crippen LogP contribution in [0.5, 0.6) is 0 Å². The Labute approximate surface area is 136 Å². The molecule has 1 atom stereocenters. The lowest BCUT2D eigenvalue weighted by Crippen LogP contribution is -2.37. The largest absolute Gasteiger partial charge is 0.444 e. The van der Waals surface area contributed by atoms with Crippen molar-refractivity contribution in [1.82, 2.24) is 14.7 Å². The van der Waals surface area contributed by atoms with Crippen LogP contribution in [0.3, 0.4) is 0 Å². The van der Waals surface area contributed by atoms with Crippen molar-refractivity contribution in [2.75, 3.05) is 7.05 Å².